The second-order valence-electron chi connectivity index (χ2n) is 5.72. The molecule has 0 aliphatic carbocycles. The number of hydrogen-bond acceptors (Lipinski definition) is 4. The van der Waals surface area contributed by atoms with Crippen LogP contribution in [0.25, 0.3) is 11.5 Å². The summed E-state index contributed by atoms with van der Waals surface area (Å²) in [4.78, 5) is 1.11. The van der Waals surface area contributed by atoms with E-state index in [4.69, 9.17) is 12.2 Å². The van der Waals surface area contributed by atoms with Crippen molar-refractivity contribution in [2.75, 3.05) is 5.32 Å². The molecular formula is C20H19N2O2S2+. The quantitative estimate of drug-likeness (QED) is 0.268. The first-order valence-corrected chi connectivity index (χ1v) is 9.34. The molecule has 0 amide bonds. The molecule has 0 fully saturated rings. The molecular weight excluding hydrogens is 364 g/mol. The van der Waals surface area contributed by atoms with E-state index in [2.05, 4.69) is 5.32 Å². The first-order chi connectivity index (χ1) is 12.6. The predicted molar refractivity (Wildman–Crippen MR) is 110 cm³/mol. The standard InChI is InChI=1S/C20H18N2O2S2/c1-14-6-2-3-8-16(14)21-20(25)18(19(24)17-9-5-11-26-17)22-10-4-7-15(12-22)13-23/h2-12,23H,13H2,1H3,(H-,21,24,25)/p+1. The number of nitrogens with zero attached hydrogens (tertiary/aromatic N) is 1. The van der Waals surface area contributed by atoms with E-state index in [0.717, 1.165) is 21.7 Å². The molecule has 0 unspecified atom stereocenters. The van der Waals surface area contributed by atoms with Gasteiger partial charge in [-0.15, -0.1) is 11.3 Å². The van der Waals surface area contributed by atoms with Crippen molar-refractivity contribution in [1.82, 2.24) is 0 Å². The van der Waals surface area contributed by atoms with Gasteiger partial charge in [-0.3, -0.25) is 0 Å². The summed E-state index contributed by atoms with van der Waals surface area (Å²) in [5, 5.41) is 25.4. The van der Waals surface area contributed by atoms with Crippen LogP contribution in [0.5, 0.6) is 0 Å². The zero-order chi connectivity index (χ0) is 18.5. The van der Waals surface area contributed by atoms with Gasteiger partial charge in [-0.1, -0.05) is 36.5 Å². The molecule has 3 aromatic rings. The summed E-state index contributed by atoms with van der Waals surface area (Å²) in [6.45, 7) is 1.90. The molecule has 132 valence electrons. The van der Waals surface area contributed by atoms with Gasteiger partial charge in [0.25, 0.3) is 5.70 Å². The van der Waals surface area contributed by atoms with Gasteiger partial charge >= 0.3 is 0 Å². The van der Waals surface area contributed by atoms with Gasteiger partial charge in [0.2, 0.25) is 5.76 Å². The molecule has 0 saturated heterocycles. The molecule has 26 heavy (non-hydrogen) atoms. The van der Waals surface area contributed by atoms with Crippen molar-refractivity contribution in [2.45, 2.75) is 13.5 Å². The SMILES string of the molecule is Cc1ccccc1NC(=S)/C(=C(/O)c1cccs1)[n+]1cccc(CO)c1. The van der Waals surface area contributed by atoms with E-state index in [0.29, 0.717) is 10.7 Å². The number of nitrogens with one attached hydrogen (secondary N) is 1. The minimum atomic E-state index is -0.0914. The zero-order valence-corrected chi connectivity index (χ0v) is 15.8. The number of aromatic nitrogens is 1. The predicted octanol–water partition coefficient (Wildman–Crippen LogP) is 4.16. The van der Waals surface area contributed by atoms with Crippen molar-refractivity contribution < 1.29 is 14.8 Å². The Balaban J connectivity index is 2.07. The summed E-state index contributed by atoms with van der Waals surface area (Å²) < 4.78 is 1.73. The highest BCUT2D eigenvalue weighted by molar-refractivity contribution is 7.81. The number of thiocarbonyl (C=S) groups is 1. The van der Waals surface area contributed by atoms with E-state index in [1.54, 1.807) is 17.0 Å². The third-order valence-corrected chi connectivity index (χ3v) is 5.06. The number of anilines is 1. The van der Waals surface area contributed by atoms with E-state index in [1.165, 1.54) is 11.3 Å². The van der Waals surface area contributed by atoms with Gasteiger partial charge in [-0.05, 0) is 36.1 Å². The fourth-order valence-electron chi connectivity index (χ4n) is 2.53. The first kappa shape index (κ1) is 18.3. The van der Waals surface area contributed by atoms with Crippen LogP contribution in [0, 0.1) is 6.92 Å². The van der Waals surface area contributed by atoms with Crippen LogP contribution in [0.2, 0.25) is 0 Å². The van der Waals surface area contributed by atoms with Crippen molar-refractivity contribution >= 4 is 45.7 Å². The molecule has 1 aromatic carbocycles. The monoisotopic (exact) mass is 383 g/mol. The summed E-state index contributed by atoms with van der Waals surface area (Å²) >= 11 is 7.05. The van der Waals surface area contributed by atoms with Gasteiger partial charge < -0.3 is 15.5 Å². The summed E-state index contributed by atoms with van der Waals surface area (Å²) in [5.74, 6) is 0.0890. The molecule has 0 atom stereocenters. The Morgan fingerprint density at radius 1 is 1.15 bits per heavy atom. The number of rotatable bonds is 5. The average molecular weight is 384 g/mol. The highest BCUT2D eigenvalue weighted by atomic mass is 32.1. The minimum absolute atomic E-state index is 0.0890. The van der Waals surface area contributed by atoms with Crippen molar-refractivity contribution in [3.05, 3.63) is 82.3 Å². The highest BCUT2D eigenvalue weighted by Gasteiger charge is 2.25. The molecule has 0 aliphatic heterocycles. The van der Waals surface area contributed by atoms with Crippen LogP contribution in [0.4, 0.5) is 5.69 Å². The fourth-order valence-corrected chi connectivity index (χ4v) is 3.51. The van der Waals surface area contributed by atoms with Crippen LogP contribution in [0.15, 0.2) is 66.3 Å². The summed E-state index contributed by atoms with van der Waals surface area (Å²) in [5.41, 5.74) is 3.12. The third-order valence-electron chi connectivity index (χ3n) is 3.89. The number of para-hydroxylation sites is 1. The van der Waals surface area contributed by atoms with Crippen molar-refractivity contribution in [3.8, 4) is 0 Å². The lowest BCUT2D eigenvalue weighted by Crippen LogP contribution is -2.39. The number of aliphatic hydroxyl groups excluding tert-OH is 2. The van der Waals surface area contributed by atoms with Crippen molar-refractivity contribution in [1.29, 1.82) is 0 Å². The van der Waals surface area contributed by atoms with Gasteiger partial charge in [0.05, 0.1) is 11.5 Å². The van der Waals surface area contributed by atoms with E-state index >= 15 is 0 Å². The van der Waals surface area contributed by atoms with E-state index in [-0.39, 0.29) is 12.4 Å². The van der Waals surface area contributed by atoms with Gasteiger partial charge in [0.1, 0.15) is 0 Å². The number of hydrogen-bond donors (Lipinski definition) is 3. The average Bonchev–Trinajstić information content (AvgIpc) is 3.19. The second kappa shape index (κ2) is 8.23. The molecule has 4 nitrogen and oxygen atoms in total. The minimum Gasteiger partial charge on any atom is -0.501 e. The summed E-state index contributed by atoms with van der Waals surface area (Å²) in [6, 6.07) is 15.2. The molecule has 3 N–H and O–H groups in total. The molecule has 0 saturated carbocycles. The maximum Gasteiger partial charge on any atom is 0.289 e. The van der Waals surface area contributed by atoms with E-state index < -0.39 is 0 Å². The van der Waals surface area contributed by atoms with Gasteiger partial charge in [0.15, 0.2) is 17.4 Å². The zero-order valence-electron chi connectivity index (χ0n) is 14.2. The van der Waals surface area contributed by atoms with E-state index in [1.807, 2.05) is 60.8 Å². The Kier molecular flexibility index (Phi) is 5.78. The van der Waals surface area contributed by atoms with Gasteiger partial charge in [-0.25, -0.2) is 0 Å². The Labute approximate surface area is 161 Å². The molecule has 2 aromatic heterocycles. The van der Waals surface area contributed by atoms with E-state index in [9.17, 15) is 10.2 Å². The van der Waals surface area contributed by atoms with Crippen molar-refractivity contribution in [3.63, 3.8) is 0 Å². The normalized spacial score (nSPS) is 11.8. The number of benzene rings is 1. The molecule has 0 aliphatic rings. The lowest BCUT2D eigenvalue weighted by atomic mass is 10.2. The van der Waals surface area contributed by atoms with Gasteiger partial charge in [-0.2, -0.15) is 4.57 Å². The van der Waals surface area contributed by atoms with Gasteiger partial charge in [0, 0.05) is 17.3 Å². The van der Waals surface area contributed by atoms with Crippen molar-refractivity contribution in [2.24, 2.45) is 0 Å². The number of pyridine rings is 1. The summed E-state index contributed by atoms with van der Waals surface area (Å²) in [6.07, 6.45) is 3.55. The first-order valence-electron chi connectivity index (χ1n) is 8.05. The Morgan fingerprint density at radius 3 is 2.65 bits per heavy atom. The molecule has 2 heterocycles. The van der Waals surface area contributed by atoms with Crippen LogP contribution in [-0.4, -0.2) is 15.2 Å². The molecule has 3 rings (SSSR count). The van der Waals surface area contributed by atoms with Crippen LogP contribution in [0.3, 0.4) is 0 Å². The molecule has 6 heteroatoms. The van der Waals surface area contributed by atoms with Crippen LogP contribution in [0.1, 0.15) is 16.0 Å². The second-order valence-corrected chi connectivity index (χ2v) is 7.08. The number of aliphatic hydroxyl groups is 2. The van der Waals surface area contributed by atoms with Crippen LogP contribution < -0.4 is 9.88 Å². The molecule has 0 spiro atoms. The fraction of sp³-hybridized carbons (Fsp3) is 0.100. The number of aryl methyl sites for hydroxylation is 1. The maximum absolute atomic E-state index is 10.9. The largest absolute Gasteiger partial charge is 0.501 e. The lowest BCUT2D eigenvalue weighted by molar-refractivity contribution is -0.576. The Bertz CT molecular complexity index is 950. The molecule has 0 radical (unpaired) electrons. The highest BCUT2D eigenvalue weighted by Crippen LogP contribution is 2.23. The lowest BCUT2D eigenvalue weighted by Gasteiger charge is -2.11. The maximum atomic E-state index is 10.9. The Morgan fingerprint density at radius 2 is 1.96 bits per heavy atom. The van der Waals surface area contributed by atoms with Crippen LogP contribution in [-0.2, 0) is 6.61 Å². The topological polar surface area (TPSA) is 56.4 Å². The molecule has 0 bridgehead atoms. The number of thiophene rings is 1. The van der Waals surface area contributed by atoms with Crippen LogP contribution >= 0.6 is 23.6 Å². The smallest absolute Gasteiger partial charge is 0.289 e. The third kappa shape index (κ3) is 3.99. The Hall–Kier alpha value is -2.54. The summed E-state index contributed by atoms with van der Waals surface area (Å²) in [7, 11) is 0.